The summed E-state index contributed by atoms with van der Waals surface area (Å²) in [6.07, 6.45) is -0.766. The number of carbonyl (C=O) groups is 2. The first-order chi connectivity index (χ1) is 12.8. The quantitative estimate of drug-likeness (QED) is 0.252. The lowest BCUT2D eigenvalue weighted by Crippen LogP contribution is -2.59. The monoisotopic (exact) mass is 388 g/mol. The highest BCUT2D eigenvalue weighted by molar-refractivity contribution is 5.85. The van der Waals surface area contributed by atoms with Gasteiger partial charge in [-0.05, 0) is 25.2 Å². The van der Waals surface area contributed by atoms with E-state index in [9.17, 15) is 24.9 Å². The molecule has 1 heterocycles. The summed E-state index contributed by atoms with van der Waals surface area (Å²) in [6, 6.07) is 0. The molecule has 1 aliphatic carbocycles. The van der Waals surface area contributed by atoms with Gasteiger partial charge in [-0.1, -0.05) is 12.2 Å². The fraction of sp³-hybridized carbons (Fsp3) is 0.778. The Labute approximate surface area is 157 Å². The predicted molar refractivity (Wildman–Crippen MR) is 91.6 cm³/mol. The van der Waals surface area contributed by atoms with Gasteiger partial charge in [0, 0.05) is 18.8 Å². The first-order valence-corrected chi connectivity index (χ1v) is 9.18. The SMILES string of the molecule is O=C(O)CC1CCC(=O)C1/C=C\CCCO[C@@H]1O[C@H](CO)[C@@H](O)[C@H](O)[C@H]1O. The van der Waals surface area contributed by atoms with Gasteiger partial charge in [0.2, 0.25) is 0 Å². The number of ether oxygens (including phenoxy) is 2. The predicted octanol–water partition coefficient (Wildman–Crippen LogP) is -0.791. The Morgan fingerprint density at radius 2 is 1.96 bits per heavy atom. The van der Waals surface area contributed by atoms with Crippen LogP contribution in [0.15, 0.2) is 12.2 Å². The fourth-order valence-electron chi connectivity index (χ4n) is 3.50. The number of carboxylic acids is 1. The van der Waals surface area contributed by atoms with Gasteiger partial charge in [-0.25, -0.2) is 0 Å². The Bertz CT molecular complexity index is 533. The van der Waals surface area contributed by atoms with Gasteiger partial charge in [0.25, 0.3) is 0 Å². The van der Waals surface area contributed by atoms with Crippen molar-refractivity contribution in [3.8, 4) is 0 Å². The Hall–Kier alpha value is -1.36. The molecule has 0 bridgehead atoms. The van der Waals surface area contributed by atoms with Crippen LogP contribution in [0.25, 0.3) is 0 Å². The minimum absolute atomic E-state index is 0.0129. The van der Waals surface area contributed by atoms with Crippen molar-refractivity contribution in [1.29, 1.82) is 0 Å². The molecule has 154 valence electrons. The molecule has 27 heavy (non-hydrogen) atoms. The van der Waals surface area contributed by atoms with Crippen LogP contribution in [0.1, 0.15) is 32.1 Å². The van der Waals surface area contributed by atoms with Crippen molar-refractivity contribution in [2.45, 2.75) is 62.8 Å². The number of carboxylic acid groups (broad SMARTS) is 1. The van der Waals surface area contributed by atoms with Crippen LogP contribution in [0, 0.1) is 11.8 Å². The number of rotatable bonds is 9. The van der Waals surface area contributed by atoms with Crippen molar-refractivity contribution < 1.29 is 44.6 Å². The number of aliphatic carboxylic acids is 1. The summed E-state index contributed by atoms with van der Waals surface area (Å²) in [6.45, 7) is -0.315. The number of allylic oxidation sites excluding steroid dienone is 2. The van der Waals surface area contributed by atoms with Gasteiger partial charge in [0.15, 0.2) is 6.29 Å². The number of hydrogen-bond acceptors (Lipinski definition) is 8. The molecule has 5 N–H and O–H groups in total. The fourth-order valence-corrected chi connectivity index (χ4v) is 3.50. The number of aliphatic hydroxyl groups is 4. The second kappa shape index (κ2) is 10.3. The van der Waals surface area contributed by atoms with Crippen LogP contribution in [0.2, 0.25) is 0 Å². The average Bonchev–Trinajstić information content (AvgIpc) is 2.96. The van der Waals surface area contributed by atoms with Gasteiger partial charge in [-0.3, -0.25) is 9.59 Å². The number of Topliss-reactive ketones (excluding diaryl/α,β-unsaturated/α-hetero) is 1. The molecule has 2 unspecified atom stereocenters. The molecule has 2 fully saturated rings. The van der Waals surface area contributed by atoms with E-state index >= 15 is 0 Å². The molecule has 0 aromatic heterocycles. The van der Waals surface area contributed by atoms with Crippen molar-refractivity contribution in [3.63, 3.8) is 0 Å². The standard InChI is InChI=1S/C18H28O9/c19-9-13-15(23)16(24)17(25)18(27-13)26-7-3-1-2-4-11-10(8-14(21)22)5-6-12(11)20/h2,4,10-11,13,15-19,23-25H,1,3,5-9H2,(H,21,22)/b4-2-/t10?,11?,13-,15-,16+,17-,18-/m1/s1. The van der Waals surface area contributed by atoms with Gasteiger partial charge in [-0.2, -0.15) is 0 Å². The van der Waals surface area contributed by atoms with Crippen LogP contribution in [0.4, 0.5) is 0 Å². The summed E-state index contributed by atoms with van der Waals surface area (Å²) in [5.74, 6) is -1.35. The van der Waals surface area contributed by atoms with Crippen LogP contribution in [0.5, 0.6) is 0 Å². The Morgan fingerprint density at radius 1 is 1.22 bits per heavy atom. The Morgan fingerprint density at radius 3 is 2.63 bits per heavy atom. The number of ketones is 1. The van der Waals surface area contributed by atoms with Crippen LogP contribution >= 0.6 is 0 Å². The maximum atomic E-state index is 11.9. The summed E-state index contributed by atoms with van der Waals surface area (Å²) in [7, 11) is 0. The summed E-state index contributed by atoms with van der Waals surface area (Å²) in [5, 5.41) is 47.3. The first kappa shape index (κ1) is 21.9. The van der Waals surface area contributed by atoms with E-state index in [2.05, 4.69) is 0 Å². The molecule has 0 spiro atoms. The summed E-state index contributed by atoms with van der Waals surface area (Å²) in [5.41, 5.74) is 0. The number of unbranched alkanes of at least 4 members (excludes halogenated alkanes) is 1. The van der Waals surface area contributed by atoms with Crippen LogP contribution in [0.3, 0.4) is 0 Å². The van der Waals surface area contributed by atoms with E-state index in [-0.39, 0.29) is 30.6 Å². The summed E-state index contributed by atoms with van der Waals surface area (Å²) >= 11 is 0. The zero-order valence-electron chi connectivity index (χ0n) is 15.0. The zero-order chi connectivity index (χ0) is 20.0. The van der Waals surface area contributed by atoms with Crippen molar-refractivity contribution in [2.75, 3.05) is 13.2 Å². The second-order valence-corrected chi connectivity index (χ2v) is 7.03. The van der Waals surface area contributed by atoms with Gasteiger partial charge >= 0.3 is 5.97 Å². The highest BCUT2D eigenvalue weighted by Crippen LogP contribution is 2.32. The smallest absolute Gasteiger partial charge is 0.303 e. The molecule has 0 amide bonds. The maximum absolute atomic E-state index is 11.9. The third kappa shape index (κ3) is 5.81. The van der Waals surface area contributed by atoms with Gasteiger partial charge in [-0.15, -0.1) is 0 Å². The molecule has 9 nitrogen and oxygen atoms in total. The maximum Gasteiger partial charge on any atom is 0.303 e. The molecule has 1 aliphatic heterocycles. The minimum atomic E-state index is -1.47. The highest BCUT2D eigenvalue weighted by Gasteiger charge is 2.43. The van der Waals surface area contributed by atoms with E-state index in [0.717, 1.165) is 0 Å². The minimum Gasteiger partial charge on any atom is -0.481 e. The van der Waals surface area contributed by atoms with Crippen LogP contribution in [-0.4, -0.2) is 81.2 Å². The molecular weight excluding hydrogens is 360 g/mol. The zero-order valence-corrected chi connectivity index (χ0v) is 15.0. The van der Waals surface area contributed by atoms with E-state index < -0.39 is 43.3 Å². The first-order valence-electron chi connectivity index (χ1n) is 9.18. The van der Waals surface area contributed by atoms with E-state index in [1.807, 2.05) is 6.08 Å². The molecular formula is C18H28O9. The molecule has 7 atom stereocenters. The molecule has 0 radical (unpaired) electrons. The molecule has 0 aromatic rings. The number of carbonyl (C=O) groups excluding carboxylic acids is 1. The Kier molecular flexibility index (Phi) is 8.33. The van der Waals surface area contributed by atoms with E-state index in [1.165, 1.54) is 0 Å². The van der Waals surface area contributed by atoms with Crippen molar-refractivity contribution >= 4 is 11.8 Å². The van der Waals surface area contributed by atoms with Gasteiger partial charge in [0.05, 0.1) is 13.2 Å². The average molecular weight is 388 g/mol. The van der Waals surface area contributed by atoms with Gasteiger partial charge in [0.1, 0.15) is 30.2 Å². The third-order valence-electron chi connectivity index (χ3n) is 5.07. The summed E-state index contributed by atoms with van der Waals surface area (Å²) in [4.78, 5) is 22.7. The molecule has 9 heteroatoms. The number of aliphatic hydroxyl groups excluding tert-OH is 4. The van der Waals surface area contributed by atoms with Crippen LogP contribution < -0.4 is 0 Å². The van der Waals surface area contributed by atoms with Gasteiger partial charge < -0.3 is 35.0 Å². The molecule has 2 rings (SSSR count). The normalized spacial score (nSPS) is 37.2. The third-order valence-corrected chi connectivity index (χ3v) is 5.07. The number of hydrogen-bond donors (Lipinski definition) is 5. The molecule has 1 saturated heterocycles. The van der Waals surface area contributed by atoms with E-state index in [1.54, 1.807) is 6.08 Å². The van der Waals surface area contributed by atoms with E-state index in [0.29, 0.717) is 25.7 Å². The molecule has 1 saturated carbocycles. The lowest BCUT2D eigenvalue weighted by atomic mass is 9.92. The lowest BCUT2D eigenvalue weighted by molar-refractivity contribution is -0.301. The molecule has 0 aromatic carbocycles. The lowest BCUT2D eigenvalue weighted by Gasteiger charge is -2.39. The Balaban J connectivity index is 1.72. The van der Waals surface area contributed by atoms with Crippen molar-refractivity contribution in [1.82, 2.24) is 0 Å². The van der Waals surface area contributed by atoms with Crippen molar-refractivity contribution in [3.05, 3.63) is 12.2 Å². The molecule has 2 aliphatic rings. The largest absolute Gasteiger partial charge is 0.481 e. The summed E-state index contributed by atoms with van der Waals surface area (Å²) < 4.78 is 10.6. The van der Waals surface area contributed by atoms with Crippen LogP contribution in [-0.2, 0) is 19.1 Å². The van der Waals surface area contributed by atoms with Crippen molar-refractivity contribution in [2.24, 2.45) is 11.8 Å². The highest BCUT2D eigenvalue weighted by atomic mass is 16.7. The topological polar surface area (TPSA) is 154 Å². The second-order valence-electron chi connectivity index (χ2n) is 7.03. The van der Waals surface area contributed by atoms with E-state index in [4.69, 9.17) is 19.7 Å².